The number of nitrogens with zero attached hydrogens (tertiary/aromatic N) is 1. The van der Waals surface area contributed by atoms with Crippen LogP contribution in [0.2, 0.25) is 0 Å². The van der Waals surface area contributed by atoms with Gasteiger partial charge in [-0.25, -0.2) is 0 Å². The van der Waals surface area contributed by atoms with E-state index < -0.39 is 6.23 Å². The number of hydrogen-bond acceptors (Lipinski definition) is 3. The first-order valence-electron chi connectivity index (χ1n) is 2.58. The summed E-state index contributed by atoms with van der Waals surface area (Å²) < 4.78 is 6.73. The molecule has 2 atom stereocenters. The topological polar surface area (TPSA) is 32.7 Å². The lowest BCUT2D eigenvalue weighted by molar-refractivity contribution is -0.0626. The zero-order valence-electron chi connectivity index (χ0n) is 4.58. The van der Waals surface area contributed by atoms with Crippen molar-refractivity contribution in [2.45, 2.75) is 6.23 Å². The summed E-state index contributed by atoms with van der Waals surface area (Å²) in [4.78, 5) is 0. The quantitative estimate of drug-likeness (QED) is 0.451. The highest BCUT2D eigenvalue weighted by atomic mass is 31.0. The average Bonchev–Trinajstić information content (AvgIpc) is 1.77. The number of ether oxygens (including phenoxy) is 1. The van der Waals surface area contributed by atoms with Gasteiger partial charge in [0.2, 0.25) is 0 Å². The van der Waals surface area contributed by atoms with E-state index in [4.69, 9.17) is 9.84 Å². The van der Waals surface area contributed by atoms with Crippen LogP contribution in [0.15, 0.2) is 0 Å². The molecular weight excluding hydrogens is 125 g/mol. The van der Waals surface area contributed by atoms with Crippen molar-refractivity contribution in [1.29, 1.82) is 0 Å². The van der Waals surface area contributed by atoms with Gasteiger partial charge in [-0.05, 0) is 0 Å². The zero-order chi connectivity index (χ0) is 5.98. The molecule has 1 aliphatic heterocycles. The standard InChI is InChI=1S/C4H10NO2P/c6-4-3-7-2-1-5(4)8/h4,6H,1-3,8H2. The second-order valence-corrected chi connectivity index (χ2v) is 2.46. The number of aliphatic hydroxyl groups is 1. The minimum atomic E-state index is -0.422. The maximum absolute atomic E-state index is 8.96. The molecule has 1 aliphatic rings. The lowest BCUT2D eigenvalue weighted by Gasteiger charge is -2.27. The predicted octanol–water partition coefficient (Wildman–Crippen LogP) is -0.573. The van der Waals surface area contributed by atoms with Gasteiger partial charge >= 0.3 is 0 Å². The fraction of sp³-hybridized carbons (Fsp3) is 1.00. The van der Waals surface area contributed by atoms with Crippen LogP contribution in [0.1, 0.15) is 0 Å². The first-order chi connectivity index (χ1) is 3.80. The Morgan fingerprint density at radius 1 is 1.75 bits per heavy atom. The van der Waals surface area contributed by atoms with Gasteiger partial charge in [0.15, 0.2) is 0 Å². The molecule has 0 amide bonds. The minimum absolute atomic E-state index is 0.422. The number of aliphatic hydroxyl groups excluding tert-OH is 1. The summed E-state index contributed by atoms with van der Waals surface area (Å²) in [6, 6.07) is 0. The van der Waals surface area contributed by atoms with E-state index >= 15 is 0 Å². The lowest BCUT2D eigenvalue weighted by atomic mass is 10.5. The SMILES string of the molecule is OC1COCCN1P. The Bertz CT molecular complexity index is 70.4. The second-order valence-electron chi connectivity index (χ2n) is 1.79. The molecule has 0 aromatic heterocycles. The predicted molar refractivity (Wildman–Crippen MR) is 33.2 cm³/mol. The molecule has 3 nitrogen and oxygen atoms in total. The van der Waals surface area contributed by atoms with Crippen molar-refractivity contribution < 1.29 is 9.84 Å². The molecule has 1 rings (SSSR count). The van der Waals surface area contributed by atoms with Gasteiger partial charge in [0.05, 0.1) is 13.2 Å². The summed E-state index contributed by atoms with van der Waals surface area (Å²) >= 11 is 0. The molecule has 0 spiro atoms. The fourth-order valence-corrected chi connectivity index (χ4v) is 0.795. The summed E-state index contributed by atoms with van der Waals surface area (Å²) in [6.07, 6.45) is -0.422. The molecule has 0 saturated carbocycles. The van der Waals surface area contributed by atoms with Crippen molar-refractivity contribution in [2.75, 3.05) is 19.8 Å². The van der Waals surface area contributed by atoms with Crippen LogP contribution in [0.3, 0.4) is 0 Å². The highest BCUT2D eigenvalue weighted by Gasteiger charge is 2.14. The Morgan fingerprint density at radius 3 is 2.88 bits per heavy atom. The number of hydrogen-bond donors (Lipinski definition) is 1. The third-order valence-electron chi connectivity index (χ3n) is 1.14. The van der Waals surface area contributed by atoms with Gasteiger partial charge in [0, 0.05) is 6.54 Å². The maximum atomic E-state index is 8.96. The van der Waals surface area contributed by atoms with Crippen LogP contribution in [0.4, 0.5) is 0 Å². The van der Waals surface area contributed by atoms with Gasteiger partial charge in [0.25, 0.3) is 0 Å². The van der Waals surface area contributed by atoms with Crippen molar-refractivity contribution in [3.63, 3.8) is 0 Å². The van der Waals surface area contributed by atoms with Crippen molar-refractivity contribution in [3.05, 3.63) is 0 Å². The molecule has 1 heterocycles. The normalized spacial score (nSPS) is 33.0. The van der Waals surface area contributed by atoms with Gasteiger partial charge in [-0.3, -0.25) is 4.67 Å². The second kappa shape index (κ2) is 2.74. The lowest BCUT2D eigenvalue weighted by Crippen LogP contribution is -2.38. The Balaban J connectivity index is 2.28. The van der Waals surface area contributed by atoms with E-state index in [1.54, 1.807) is 4.67 Å². The Hall–Kier alpha value is 0.310. The summed E-state index contributed by atoms with van der Waals surface area (Å²) in [5, 5.41) is 8.96. The van der Waals surface area contributed by atoms with E-state index in [1.165, 1.54) is 0 Å². The van der Waals surface area contributed by atoms with Crippen LogP contribution >= 0.6 is 9.39 Å². The molecule has 4 heteroatoms. The summed E-state index contributed by atoms with van der Waals surface area (Å²) in [5.74, 6) is 0. The Morgan fingerprint density at radius 2 is 2.50 bits per heavy atom. The first kappa shape index (κ1) is 6.43. The van der Waals surface area contributed by atoms with Gasteiger partial charge in [-0.15, -0.1) is 0 Å². The molecule has 0 radical (unpaired) electrons. The number of morpholine rings is 1. The summed E-state index contributed by atoms with van der Waals surface area (Å²) in [7, 11) is 2.45. The zero-order valence-corrected chi connectivity index (χ0v) is 5.73. The highest BCUT2D eigenvalue weighted by Crippen LogP contribution is 2.07. The molecule has 1 saturated heterocycles. The van der Waals surface area contributed by atoms with Crippen LogP contribution < -0.4 is 0 Å². The van der Waals surface area contributed by atoms with Gasteiger partial charge in [-0.2, -0.15) is 0 Å². The third kappa shape index (κ3) is 1.39. The van der Waals surface area contributed by atoms with E-state index in [9.17, 15) is 0 Å². The molecule has 0 aromatic rings. The summed E-state index contributed by atoms with van der Waals surface area (Å²) in [6.45, 7) is 1.95. The van der Waals surface area contributed by atoms with Crippen molar-refractivity contribution in [3.8, 4) is 0 Å². The van der Waals surface area contributed by atoms with Gasteiger partial charge in [0.1, 0.15) is 6.23 Å². The summed E-state index contributed by atoms with van der Waals surface area (Å²) in [5.41, 5.74) is 0. The van der Waals surface area contributed by atoms with Crippen LogP contribution in [0.25, 0.3) is 0 Å². The van der Waals surface area contributed by atoms with Crippen LogP contribution in [-0.4, -0.2) is 35.8 Å². The molecular formula is C4H10NO2P. The molecule has 1 fully saturated rings. The molecule has 8 heavy (non-hydrogen) atoms. The van der Waals surface area contributed by atoms with Crippen LogP contribution in [0.5, 0.6) is 0 Å². The Kier molecular flexibility index (Phi) is 2.20. The maximum Gasteiger partial charge on any atom is 0.133 e. The Labute approximate surface area is 50.9 Å². The van der Waals surface area contributed by atoms with E-state index in [0.717, 1.165) is 13.2 Å². The minimum Gasteiger partial charge on any atom is -0.376 e. The largest absolute Gasteiger partial charge is 0.376 e. The van der Waals surface area contributed by atoms with E-state index in [-0.39, 0.29) is 0 Å². The highest BCUT2D eigenvalue weighted by molar-refractivity contribution is 7.13. The molecule has 0 bridgehead atoms. The fourth-order valence-electron chi connectivity index (χ4n) is 0.603. The molecule has 2 unspecified atom stereocenters. The van der Waals surface area contributed by atoms with Crippen LogP contribution in [-0.2, 0) is 4.74 Å². The van der Waals surface area contributed by atoms with Gasteiger partial charge < -0.3 is 9.84 Å². The first-order valence-corrected chi connectivity index (χ1v) is 3.09. The average molecular weight is 135 g/mol. The van der Waals surface area contributed by atoms with Crippen molar-refractivity contribution in [1.82, 2.24) is 4.67 Å². The molecule has 48 valence electrons. The van der Waals surface area contributed by atoms with E-state index in [1.807, 2.05) is 0 Å². The molecule has 0 aromatic carbocycles. The van der Waals surface area contributed by atoms with Crippen molar-refractivity contribution >= 4 is 9.39 Å². The smallest absolute Gasteiger partial charge is 0.133 e. The monoisotopic (exact) mass is 135 g/mol. The third-order valence-corrected chi connectivity index (χ3v) is 1.75. The van der Waals surface area contributed by atoms with Crippen molar-refractivity contribution in [2.24, 2.45) is 0 Å². The van der Waals surface area contributed by atoms with E-state index in [2.05, 4.69) is 9.39 Å². The van der Waals surface area contributed by atoms with E-state index in [0.29, 0.717) is 6.61 Å². The molecule has 0 aliphatic carbocycles. The molecule has 1 N–H and O–H groups in total. The number of rotatable bonds is 0. The van der Waals surface area contributed by atoms with Gasteiger partial charge in [-0.1, -0.05) is 9.39 Å². The van der Waals surface area contributed by atoms with Crippen LogP contribution in [0, 0.1) is 0 Å².